The normalized spacial score (nSPS) is 23.0. The molecule has 1 saturated heterocycles. The van der Waals surface area contributed by atoms with Crippen molar-refractivity contribution in [2.45, 2.75) is 45.3 Å². The summed E-state index contributed by atoms with van der Waals surface area (Å²) in [4.78, 5) is 41.9. The molecule has 3 N–H and O–H groups in total. The van der Waals surface area contributed by atoms with Crippen molar-refractivity contribution in [3.63, 3.8) is 0 Å². The van der Waals surface area contributed by atoms with E-state index in [1.165, 1.54) is 6.33 Å². The van der Waals surface area contributed by atoms with Gasteiger partial charge in [-0.05, 0) is 58.8 Å². The summed E-state index contributed by atoms with van der Waals surface area (Å²) in [7, 11) is 0. The number of anilines is 2. The van der Waals surface area contributed by atoms with E-state index >= 15 is 0 Å². The molecule has 0 bridgehead atoms. The molecule has 4 heterocycles. The Balaban J connectivity index is 1.33. The van der Waals surface area contributed by atoms with Gasteiger partial charge in [-0.2, -0.15) is 0 Å². The fourth-order valence-electron chi connectivity index (χ4n) is 5.46. The Labute approximate surface area is 209 Å². The zero-order valence-corrected chi connectivity index (χ0v) is 20.9. The minimum Gasteiger partial charge on any atom is -0.383 e. The van der Waals surface area contributed by atoms with Crippen molar-refractivity contribution < 1.29 is 9.59 Å². The van der Waals surface area contributed by atoms with Gasteiger partial charge in [0.1, 0.15) is 40.8 Å². The molecule has 178 valence electrons. The van der Waals surface area contributed by atoms with Crippen molar-refractivity contribution in [2.75, 3.05) is 11.1 Å². The Morgan fingerprint density at radius 1 is 1.20 bits per heavy atom. The summed E-state index contributed by atoms with van der Waals surface area (Å²) < 4.78 is 2.51. The SMILES string of the molecule is Cc1ccc(Br)nc1NC(=O)[C@@H]1C[C@@]2(C)C[C@H]2N1C(=O)Cn1c2ccccc2c2c(N)ncnc21. The molecule has 0 spiro atoms. The van der Waals surface area contributed by atoms with E-state index in [1.54, 1.807) is 4.90 Å². The first-order valence-electron chi connectivity index (χ1n) is 11.5. The maximum absolute atomic E-state index is 13.8. The van der Waals surface area contributed by atoms with Crippen LogP contribution in [0.4, 0.5) is 11.6 Å². The second kappa shape index (κ2) is 7.74. The highest BCUT2D eigenvalue weighted by atomic mass is 79.9. The maximum Gasteiger partial charge on any atom is 0.248 e. The fourth-order valence-corrected chi connectivity index (χ4v) is 5.77. The van der Waals surface area contributed by atoms with Crippen LogP contribution in [0.25, 0.3) is 21.9 Å². The highest BCUT2D eigenvalue weighted by molar-refractivity contribution is 9.10. The zero-order chi connectivity index (χ0) is 24.5. The van der Waals surface area contributed by atoms with E-state index in [1.807, 2.05) is 47.9 Å². The fraction of sp³-hybridized carbons (Fsp3) is 0.320. The molecule has 1 aliphatic heterocycles. The number of aromatic nitrogens is 4. The number of hydrogen-bond acceptors (Lipinski definition) is 6. The summed E-state index contributed by atoms with van der Waals surface area (Å²) in [5, 5.41) is 4.58. The van der Waals surface area contributed by atoms with Crippen LogP contribution in [0.1, 0.15) is 25.3 Å². The van der Waals surface area contributed by atoms with Crippen LogP contribution in [-0.2, 0) is 16.1 Å². The number of rotatable bonds is 4. The lowest BCUT2D eigenvalue weighted by molar-refractivity contribution is -0.138. The predicted octanol–water partition coefficient (Wildman–Crippen LogP) is 3.65. The summed E-state index contributed by atoms with van der Waals surface area (Å²) in [6.07, 6.45) is 2.94. The molecule has 10 heteroatoms. The smallest absolute Gasteiger partial charge is 0.248 e. The van der Waals surface area contributed by atoms with Gasteiger partial charge in [-0.25, -0.2) is 15.0 Å². The summed E-state index contributed by atoms with van der Waals surface area (Å²) in [6.45, 7) is 4.09. The molecule has 1 saturated carbocycles. The number of nitrogens with zero attached hydrogens (tertiary/aromatic N) is 5. The van der Waals surface area contributed by atoms with Crippen molar-refractivity contribution in [2.24, 2.45) is 5.41 Å². The van der Waals surface area contributed by atoms with Gasteiger partial charge in [0.2, 0.25) is 11.8 Å². The molecule has 3 atom stereocenters. The average Bonchev–Trinajstić information content (AvgIpc) is 3.23. The van der Waals surface area contributed by atoms with Gasteiger partial charge in [0.05, 0.1) is 10.9 Å². The number of nitrogens with one attached hydrogen (secondary N) is 1. The first kappa shape index (κ1) is 22.0. The minimum absolute atomic E-state index is 0.0369. The van der Waals surface area contributed by atoms with Crippen LogP contribution in [0.5, 0.6) is 0 Å². The third-order valence-electron chi connectivity index (χ3n) is 7.40. The van der Waals surface area contributed by atoms with Gasteiger partial charge in [0.15, 0.2) is 0 Å². The van der Waals surface area contributed by atoms with Crippen LogP contribution in [0, 0.1) is 12.3 Å². The lowest BCUT2D eigenvalue weighted by Gasteiger charge is -2.27. The van der Waals surface area contributed by atoms with Crippen molar-refractivity contribution in [3.8, 4) is 0 Å². The van der Waals surface area contributed by atoms with E-state index in [2.05, 4.69) is 43.1 Å². The molecule has 1 aliphatic carbocycles. The number of carbonyl (C=O) groups excluding carboxylic acids is 2. The number of nitrogens with two attached hydrogens (primary N) is 1. The van der Waals surface area contributed by atoms with Crippen LogP contribution in [0.3, 0.4) is 0 Å². The second-order valence-corrected chi connectivity index (χ2v) is 10.6. The van der Waals surface area contributed by atoms with Crippen LogP contribution in [0.2, 0.25) is 0 Å². The van der Waals surface area contributed by atoms with E-state index in [-0.39, 0.29) is 29.8 Å². The lowest BCUT2D eigenvalue weighted by Crippen LogP contribution is -2.46. The number of para-hydroxylation sites is 1. The van der Waals surface area contributed by atoms with E-state index in [0.717, 1.165) is 28.3 Å². The van der Waals surface area contributed by atoms with Gasteiger partial charge in [-0.15, -0.1) is 0 Å². The standard InChI is InChI=1S/C25H24BrN7O2/c1-13-7-8-18(26)30-22(13)31-24(35)16-9-25(2)10-17(25)33(16)19(34)11-32-15-6-4-3-5-14(15)20-21(27)28-12-29-23(20)32/h3-8,12,16-17H,9-11H2,1-2H3,(H2,27,28,29)(H,30,31,35)/t16-,17+,25-/m0/s1. The highest BCUT2D eigenvalue weighted by Crippen LogP contribution is 2.59. The number of fused-ring (bicyclic) bond motifs is 4. The summed E-state index contributed by atoms with van der Waals surface area (Å²) in [5.41, 5.74) is 8.46. The number of piperidine rings is 1. The topological polar surface area (TPSA) is 119 Å². The van der Waals surface area contributed by atoms with Crippen LogP contribution in [0.15, 0.2) is 47.3 Å². The molecule has 6 rings (SSSR count). The number of amides is 2. The third kappa shape index (κ3) is 3.46. The van der Waals surface area contributed by atoms with Gasteiger partial charge < -0.3 is 20.5 Å². The number of halogens is 1. The number of benzene rings is 1. The molecule has 1 aromatic carbocycles. The maximum atomic E-state index is 13.8. The molecule has 2 aliphatic rings. The summed E-state index contributed by atoms with van der Waals surface area (Å²) >= 11 is 3.36. The summed E-state index contributed by atoms with van der Waals surface area (Å²) in [5.74, 6) is 0.545. The van der Waals surface area contributed by atoms with E-state index < -0.39 is 6.04 Å². The number of hydrogen-bond donors (Lipinski definition) is 2. The summed E-state index contributed by atoms with van der Waals surface area (Å²) in [6, 6.07) is 11.0. The molecular formula is C25H24BrN7O2. The molecule has 2 amide bonds. The Morgan fingerprint density at radius 2 is 2.00 bits per heavy atom. The predicted molar refractivity (Wildman–Crippen MR) is 137 cm³/mol. The van der Waals surface area contributed by atoms with Crippen molar-refractivity contribution >= 4 is 61.3 Å². The van der Waals surface area contributed by atoms with Crippen molar-refractivity contribution in [1.29, 1.82) is 0 Å². The number of likely N-dealkylation sites (tertiary alicyclic amines) is 1. The van der Waals surface area contributed by atoms with E-state index in [0.29, 0.717) is 28.3 Å². The first-order chi connectivity index (χ1) is 16.8. The quantitative estimate of drug-likeness (QED) is 0.386. The highest BCUT2D eigenvalue weighted by Gasteiger charge is 2.64. The molecule has 35 heavy (non-hydrogen) atoms. The molecule has 9 nitrogen and oxygen atoms in total. The van der Waals surface area contributed by atoms with Gasteiger partial charge in [-0.3, -0.25) is 9.59 Å². The first-order valence-corrected chi connectivity index (χ1v) is 12.3. The number of carbonyl (C=O) groups is 2. The molecule has 2 fully saturated rings. The Kier molecular flexibility index (Phi) is 4.86. The van der Waals surface area contributed by atoms with Gasteiger partial charge >= 0.3 is 0 Å². The Bertz CT molecular complexity index is 1530. The van der Waals surface area contributed by atoms with Crippen molar-refractivity contribution in [1.82, 2.24) is 24.4 Å². The lowest BCUT2D eigenvalue weighted by atomic mass is 10.0. The molecular weight excluding hydrogens is 510 g/mol. The van der Waals surface area contributed by atoms with Gasteiger partial charge in [0, 0.05) is 11.4 Å². The van der Waals surface area contributed by atoms with Crippen LogP contribution < -0.4 is 11.1 Å². The minimum atomic E-state index is -0.556. The zero-order valence-electron chi connectivity index (χ0n) is 19.3. The second-order valence-electron chi connectivity index (χ2n) is 9.74. The largest absolute Gasteiger partial charge is 0.383 e. The average molecular weight is 534 g/mol. The Hall–Kier alpha value is -3.53. The third-order valence-corrected chi connectivity index (χ3v) is 7.84. The van der Waals surface area contributed by atoms with Gasteiger partial charge in [0.25, 0.3) is 0 Å². The van der Waals surface area contributed by atoms with Gasteiger partial charge in [-0.1, -0.05) is 31.2 Å². The molecule has 0 radical (unpaired) electrons. The van der Waals surface area contributed by atoms with E-state index in [4.69, 9.17) is 5.73 Å². The number of aryl methyl sites for hydroxylation is 1. The Morgan fingerprint density at radius 3 is 2.83 bits per heavy atom. The van der Waals surface area contributed by atoms with E-state index in [9.17, 15) is 9.59 Å². The monoisotopic (exact) mass is 533 g/mol. The molecule has 4 aromatic rings. The molecule has 3 aromatic heterocycles. The van der Waals surface area contributed by atoms with Crippen LogP contribution >= 0.6 is 15.9 Å². The van der Waals surface area contributed by atoms with Crippen LogP contribution in [-0.4, -0.2) is 48.3 Å². The number of pyridine rings is 1. The number of nitrogen functional groups attached to an aromatic ring is 1. The van der Waals surface area contributed by atoms with Crippen molar-refractivity contribution in [3.05, 3.63) is 52.9 Å². The molecule has 0 unspecified atom stereocenters.